The molecule has 0 fully saturated rings. The fourth-order valence-electron chi connectivity index (χ4n) is 2.65. The molecule has 1 amide bonds. The van der Waals surface area contributed by atoms with Crippen LogP contribution >= 0.6 is 0 Å². The maximum absolute atomic E-state index is 12.6. The van der Waals surface area contributed by atoms with E-state index in [0.29, 0.717) is 29.6 Å². The molecule has 0 radical (unpaired) electrons. The molecule has 7 nitrogen and oxygen atoms in total. The van der Waals surface area contributed by atoms with Crippen molar-refractivity contribution < 1.29 is 19.1 Å². The minimum atomic E-state index is -0.619. The summed E-state index contributed by atoms with van der Waals surface area (Å²) < 4.78 is 10.6. The first-order valence-electron chi connectivity index (χ1n) is 8.00. The Morgan fingerprint density at radius 2 is 2.16 bits per heavy atom. The minimum Gasteiger partial charge on any atom is -0.477 e. The average molecular weight is 341 g/mol. The molecule has 1 aliphatic rings. The fourth-order valence-corrected chi connectivity index (χ4v) is 2.65. The Morgan fingerprint density at radius 1 is 1.36 bits per heavy atom. The monoisotopic (exact) mass is 341 g/mol. The van der Waals surface area contributed by atoms with E-state index in [0.717, 1.165) is 5.56 Å². The number of esters is 1. The minimum absolute atomic E-state index is 0.216. The van der Waals surface area contributed by atoms with Crippen LogP contribution in [0.3, 0.4) is 0 Å². The van der Waals surface area contributed by atoms with E-state index in [4.69, 9.17) is 15.2 Å². The summed E-state index contributed by atoms with van der Waals surface area (Å²) in [6, 6.07) is 10.3. The standard InChI is InChI=1S/C18H19N3O4/c1-3-24-18(23)13-6-4-5-12(9-13)10-21-16-14(7-8-15(19)20-16)25-11(2)17(21)22/h4-9,11H,3,10H2,1-2H3,(H2,19,20). The van der Waals surface area contributed by atoms with Gasteiger partial charge >= 0.3 is 5.97 Å². The van der Waals surface area contributed by atoms with E-state index >= 15 is 0 Å². The van der Waals surface area contributed by atoms with Gasteiger partial charge in [0.05, 0.1) is 18.7 Å². The van der Waals surface area contributed by atoms with Crippen molar-refractivity contribution in [3.63, 3.8) is 0 Å². The van der Waals surface area contributed by atoms with Crippen LogP contribution in [-0.2, 0) is 16.1 Å². The topological polar surface area (TPSA) is 94.8 Å². The van der Waals surface area contributed by atoms with Crippen molar-refractivity contribution in [2.24, 2.45) is 0 Å². The van der Waals surface area contributed by atoms with Gasteiger partial charge in [0.1, 0.15) is 5.82 Å². The molecule has 1 atom stereocenters. The largest absolute Gasteiger partial charge is 0.477 e. The third kappa shape index (κ3) is 3.40. The summed E-state index contributed by atoms with van der Waals surface area (Å²) in [6.45, 7) is 3.99. The Labute approximate surface area is 145 Å². The molecule has 0 spiro atoms. The SMILES string of the molecule is CCOC(=O)c1cccc(CN2C(=O)C(C)Oc3ccc(N)nc32)c1. The lowest BCUT2D eigenvalue weighted by Gasteiger charge is -2.32. The summed E-state index contributed by atoms with van der Waals surface area (Å²) >= 11 is 0. The van der Waals surface area contributed by atoms with Crippen LogP contribution in [0.25, 0.3) is 0 Å². The van der Waals surface area contributed by atoms with E-state index < -0.39 is 12.1 Å². The van der Waals surface area contributed by atoms with Gasteiger partial charge in [-0.1, -0.05) is 12.1 Å². The Kier molecular flexibility index (Phi) is 4.56. The van der Waals surface area contributed by atoms with Gasteiger partial charge in [-0.25, -0.2) is 9.78 Å². The van der Waals surface area contributed by atoms with Gasteiger partial charge in [-0.2, -0.15) is 0 Å². The van der Waals surface area contributed by atoms with E-state index in [2.05, 4.69) is 4.98 Å². The number of carbonyl (C=O) groups excluding carboxylic acids is 2. The number of hydrogen-bond acceptors (Lipinski definition) is 6. The molecule has 25 heavy (non-hydrogen) atoms. The quantitative estimate of drug-likeness (QED) is 0.856. The second kappa shape index (κ2) is 6.80. The van der Waals surface area contributed by atoms with Gasteiger partial charge in [0.25, 0.3) is 5.91 Å². The highest BCUT2D eigenvalue weighted by Gasteiger charge is 2.33. The average Bonchev–Trinajstić information content (AvgIpc) is 2.60. The van der Waals surface area contributed by atoms with Crippen LogP contribution in [0.15, 0.2) is 36.4 Å². The number of nitrogen functional groups attached to an aromatic ring is 1. The van der Waals surface area contributed by atoms with Crippen LogP contribution in [0.5, 0.6) is 5.75 Å². The molecule has 1 unspecified atom stereocenters. The number of nitrogens with two attached hydrogens (primary N) is 1. The van der Waals surface area contributed by atoms with Crippen molar-refractivity contribution in [3.05, 3.63) is 47.5 Å². The number of pyridine rings is 1. The third-order valence-electron chi connectivity index (χ3n) is 3.81. The maximum Gasteiger partial charge on any atom is 0.338 e. The zero-order chi connectivity index (χ0) is 18.0. The Morgan fingerprint density at radius 3 is 2.92 bits per heavy atom. The molecule has 2 heterocycles. The lowest BCUT2D eigenvalue weighted by atomic mass is 10.1. The molecular formula is C18H19N3O4. The third-order valence-corrected chi connectivity index (χ3v) is 3.81. The fraction of sp³-hybridized carbons (Fsp3) is 0.278. The highest BCUT2D eigenvalue weighted by Crippen LogP contribution is 2.34. The molecule has 1 aromatic carbocycles. The van der Waals surface area contributed by atoms with E-state index in [1.54, 1.807) is 44.2 Å². The molecule has 1 aliphatic heterocycles. The molecule has 2 N–H and O–H groups in total. The molecular weight excluding hydrogens is 322 g/mol. The molecule has 130 valence electrons. The van der Waals surface area contributed by atoms with Gasteiger partial charge in [-0.3, -0.25) is 9.69 Å². The number of ether oxygens (including phenoxy) is 2. The highest BCUT2D eigenvalue weighted by atomic mass is 16.5. The van der Waals surface area contributed by atoms with E-state index in [-0.39, 0.29) is 12.5 Å². The summed E-state index contributed by atoms with van der Waals surface area (Å²) in [6.07, 6.45) is -0.619. The van der Waals surface area contributed by atoms with E-state index in [1.807, 2.05) is 6.07 Å². The summed E-state index contributed by atoms with van der Waals surface area (Å²) in [7, 11) is 0. The van der Waals surface area contributed by atoms with E-state index in [1.165, 1.54) is 4.90 Å². The maximum atomic E-state index is 12.6. The zero-order valence-electron chi connectivity index (χ0n) is 14.1. The van der Waals surface area contributed by atoms with Gasteiger partial charge in [-0.15, -0.1) is 0 Å². The van der Waals surface area contributed by atoms with Crippen LogP contribution in [0.2, 0.25) is 0 Å². The van der Waals surface area contributed by atoms with E-state index in [9.17, 15) is 9.59 Å². The predicted molar refractivity (Wildman–Crippen MR) is 92.3 cm³/mol. The highest BCUT2D eigenvalue weighted by molar-refractivity contribution is 5.99. The summed E-state index contributed by atoms with van der Waals surface area (Å²) in [5.41, 5.74) is 6.97. The molecule has 7 heteroatoms. The molecule has 0 aliphatic carbocycles. The first kappa shape index (κ1) is 16.8. The Hall–Kier alpha value is -3.09. The molecule has 2 aromatic rings. The van der Waals surface area contributed by atoms with Crippen molar-refractivity contribution in [2.45, 2.75) is 26.5 Å². The van der Waals surface area contributed by atoms with Crippen LogP contribution < -0.4 is 15.4 Å². The van der Waals surface area contributed by atoms with Crippen LogP contribution in [0.4, 0.5) is 11.6 Å². The number of aromatic nitrogens is 1. The second-order valence-electron chi connectivity index (χ2n) is 5.66. The summed E-state index contributed by atoms with van der Waals surface area (Å²) in [5.74, 6) is 0.573. The van der Waals surface area contributed by atoms with Crippen LogP contribution in [0.1, 0.15) is 29.8 Å². The molecule has 0 saturated carbocycles. The second-order valence-corrected chi connectivity index (χ2v) is 5.66. The van der Waals surface area contributed by atoms with Crippen molar-refractivity contribution in [1.29, 1.82) is 0 Å². The molecule has 0 bridgehead atoms. The van der Waals surface area contributed by atoms with Gasteiger partial charge in [0, 0.05) is 0 Å². The summed E-state index contributed by atoms with van der Waals surface area (Å²) in [4.78, 5) is 30.2. The van der Waals surface area contributed by atoms with Gasteiger partial charge in [0.2, 0.25) is 0 Å². The Balaban J connectivity index is 1.92. The first-order valence-corrected chi connectivity index (χ1v) is 8.00. The molecule has 3 rings (SSSR count). The van der Waals surface area contributed by atoms with Crippen molar-refractivity contribution in [3.8, 4) is 5.75 Å². The smallest absolute Gasteiger partial charge is 0.338 e. The number of rotatable bonds is 4. The van der Waals surface area contributed by atoms with Crippen molar-refractivity contribution in [2.75, 3.05) is 17.2 Å². The number of fused-ring (bicyclic) bond motifs is 1. The number of amides is 1. The van der Waals surface area contributed by atoms with Gasteiger partial charge in [-0.05, 0) is 43.7 Å². The van der Waals surface area contributed by atoms with Gasteiger partial charge in [0.15, 0.2) is 17.7 Å². The number of nitrogens with zero attached hydrogens (tertiary/aromatic N) is 2. The van der Waals surface area contributed by atoms with Crippen LogP contribution in [0, 0.1) is 0 Å². The Bertz CT molecular complexity index is 822. The predicted octanol–water partition coefficient (Wildman–Crippen LogP) is 2.15. The number of hydrogen-bond donors (Lipinski definition) is 1. The summed E-state index contributed by atoms with van der Waals surface area (Å²) in [5, 5.41) is 0. The normalized spacial score (nSPS) is 16.2. The molecule has 1 aromatic heterocycles. The zero-order valence-corrected chi connectivity index (χ0v) is 14.1. The molecule has 0 saturated heterocycles. The van der Waals surface area contributed by atoms with Crippen LogP contribution in [-0.4, -0.2) is 29.6 Å². The lowest BCUT2D eigenvalue weighted by molar-refractivity contribution is -0.125. The first-order chi connectivity index (χ1) is 12.0. The number of benzene rings is 1. The van der Waals surface area contributed by atoms with Crippen molar-refractivity contribution >= 4 is 23.5 Å². The lowest BCUT2D eigenvalue weighted by Crippen LogP contribution is -2.44. The van der Waals surface area contributed by atoms with Gasteiger partial charge < -0.3 is 15.2 Å². The number of carbonyl (C=O) groups is 2. The van der Waals surface area contributed by atoms with Crippen molar-refractivity contribution in [1.82, 2.24) is 4.98 Å². The number of anilines is 2.